The Morgan fingerprint density at radius 1 is 1.42 bits per heavy atom. The van der Waals surface area contributed by atoms with Gasteiger partial charge in [-0.25, -0.2) is 0 Å². The summed E-state index contributed by atoms with van der Waals surface area (Å²) in [6.45, 7) is 1.27. The monoisotopic (exact) mass is 337 g/mol. The van der Waals surface area contributed by atoms with E-state index in [0.29, 0.717) is 18.7 Å². The number of thiophene rings is 1. The third kappa shape index (κ3) is 2.82. The topological polar surface area (TPSA) is 38.3 Å². The highest BCUT2D eigenvalue weighted by Gasteiger charge is 2.14. The van der Waals surface area contributed by atoms with Gasteiger partial charge in [-0.2, -0.15) is 0 Å². The fraction of sp³-hybridized carbons (Fsp3) is 0.214. The van der Waals surface area contributed by atoms with Gasteiger partial charge < -0.3 is 10.1 Å². The molecule has 0 saturated heterocycles. The van der Waals surface area contributed by atoms with Crippen LogP contribution in [0.1, 0.15) is 20.8 Å². The molecule has 19 heavy (non-hydrogen) atoms. The molecule has 0 unspecified atom stereocenters. The molecule has 2 heterocycles. The number of carbonyl (C=O) groups excluding carboxylic acids is 1. The Kier molecular flexibility index (Phi) is 3.57. The van der Waals surface area contributed by atoms with Crippen molar-refractivity contribution in [2.45, 2.75) is 13.0 Å². The Bertz CT molecular complexity index is 624. The summed E-state index contributed by atoms with van der Waals surface area (Å²) in [4.78, 5) is 13.2. The number of nitrogens with one attached hydrogen (secondary N) is 1. The van der Waals surface area contributed by atoms with E-state index in [2.05, 4.69) is 21.2 Å². The van der Waals surface area contributed by atoms with Crippen molar-refractivity contribution in [3.05, 3.63) is 50.1 Å². The first-order chi connectivity index (χ1) is 9.22. The molecule has 0 atom stereocenters. The van der Waals surface area contributed by atoms with Crippen LogP contribution in [0.15, 0.2) is 34.1 Å². The maximum Gasteiger partial charge on any atom is 0.251 e. The van der Waals surface area contributed by atoms with Gasteiger partial charge in [0.15, 0.2) is 0 Å². The van der Waals surface area contributed by atoms with Gasteiger partial charge in [0, 0.05) is 26.7 Å². The molecule has 0 saturated carbocycles. The van der Waals surface area contributed by atoms with Crippen molar-refractivity contribution in [2.75, 3.05) is 6.61 Å². The van der Waals surface area contributed by atoms with Crippen molar-refractivity contribution in [2.24, 2.45) is 0 Å². The van der Waals surface area contributed by atoms with Crippen LogP contribution in [0.5, 0.6) is 5.75 Å². The minimum atomic E-state index is -0.0424. The van der Waals surface area contributed by atoms with E-state index < -0.39 is 0 Å². The van der Waals surface area contributed by atoms with E-state index in [0.717, 1.165) is 27.1 Å². The van der Waals surface area contributed by atoms with E-state index in [9.17, 15) is 4.79 Å². The van der Waals surface area contributed by atoms with Gasteiger partial charge in [0.1, 0.15) is 5.75 Å². The van der Waals surface area contributed by atoms with Crippen LogP contribution in [0.4, 0.5) is 0 Å². The molecule has 1 aliphatic heterocycles. The summed E-state index contributed by atoms with van der Waals surface area (Å²) in [7, 11) is 0. The second-order valence-corrected chi connectivity index (χ2v) is 6.25. The molecule has 1 amide bonds. The fourth-order valence-electron chi connectivity index (χ4n) is 2.04. The second kappa shape index (κ2) is 5.35. The molecular weight excluding hydrogens is 326 g/mol. The highest BCUT2D eigenvalue weighted by molar-refractivity contribution is 9.10. The molecule has 3 nitrogen and oxygen atoms in total. The van der Waals surface area contributed by atoms with E-state index in [1.165, 1.54) is 0 Å². The number of hydrogen-bond acceptors (Lipinski definition) is 3. The van der Waals surface area contributed by atoms with Crippen LogP contribution in [0.25, 0.3) is 0 Å². The van der Waals surface area contributed by atoms with Crippen LogP contribution < -0.4 is 10.1 Å². The summed E-state index contributed by atoms with van der Waals surface area (Å²) < 4.78 is 6.48. The van der Waals surface area contributed by atoms with Gasteiger partial charge in [-0.15, -0.1) is 11.3 Å². The molecule has 3 rings (SSSR count). The molecule has 98 valence electrons. The van der Waals surface area contributed by atoms with E-state index in [1.807, 2.05) is 29.6 Å². The standard InChI is InChI=1S/C14H12BrNO2S/c15-11-6-12(19-8-11)7-16-14(17)10-1-2-13-9(5-10)3-4-18-13/h1-2,5-6,8H,3-4,7H2,(H,16,17). The average Bonchev–Trinajstić information content (AvgIpc) is 3.03. The van der Waals surface area contributed by atoms with E-state index in [-0.39, 0.29) is 5.91 Å². The second-order valence-electron chi connectivity index (χ2n) is 4.33. The Hall–Kier alpha value is -1.33. The van der Waals surface area contributed by atoms with Gasteiger partial charge in [0.2, 0.25) is 0 Å². The first kappa shape index (κ1) is 12.7. The molecule has 0 bridgehead atoms. The quantitative estimate of drug-likeness (QED) is 0.932. The minimum absolute atomic E-state index is 0.0424. The Balaban J connectivity index is 1.67. The third-order valence-corrected chi connectivity index (χ3v) is 4.69. The predicted molar refractivity (Wildman–Crippen MR) is 78.8 cm³/mol. The Morgan fingerprint density at radius 3 is 3.11 bits per heavy atom. The Morgan fingerprint density at radius 2 is 2.32 bits per heavy atom. The van der Waals surface area contributed by atoms with Gasteiger partial charge in [-0.3, -0.25) is 4.79 Å². The Labute approximate surface area is 123 Å². The lowest BCUT2D eigenvalue weighted by atomic mass is 10.1. The van der Waals surface area contributed by atoms with Crippen LogP contribution in [-0.2, 0) is 13.0 Å². The first-order valence-corrected chi connectivity index (χ1v) is 7.66. The van der Waals surface area contributed by atoms with Crippen molar-refractivity contribution in [3.8, 4) is 5.75 Å². The maximum atomic E-state index is 12.1. The maximum absolute atomic E-state index is 12.1. The molecule has 2 aromatic rings. The van der Waals surface area contributed by atoms with Gasteiger partial charge in [-0.1, -0.05) is 0 Å². The first-order valence-electron chi connectivity index (χ1n) is 5.99. The summed E-state index contributed by atoms with van der Waals surface area (Å²) in [5, 5.41) is 4.94. The molecule has 0 radical (unpaired) electrons. The van der Waals surface area contributed by atoms with Gasteiger partial charge >= 0.3 is 0 Å². The number of rotatable bonds is 3. The number of halogens is 1. The van der Waals surface area contributed by atoms with Crippen molar-refractivity contribution in [1.29, 1.82) is 0 Å². The zero-order valence-corrected chi connectivity index (χ0v) is 12.5. The van der Waals surface area contributed by atoms with E-state index in [1.54, 1.807) is 11.3 Å². The summed E-state index contributed by atoms with van der Waals surface area (Å²) >= 11 is 5.03. The highest BCUT2D eigenvalue weighted by Crippen LogP contribution is 2.26. The normalized spacial score (nSPS) is 12.9. The molecule has 0 spiro atoms. The smallest absolute Gasteiger partial charge is 0.251 e. The number of hydrogen-bond donors (Lipinski definition) is 1. The summed E-state index contributed by atoms with van der Waals surface area (Å²) in [6.07, 6.45) is 0.883. The number of carbonyl (C=O) groups is 1. The lowest BCUT2D eigenvalue weighted by molar-refractivity contribution is 0.0951. The van der Waals surface area contributed by atoms with Crippen molar-refractivity contribution in [1.82, 2.24) is 5.32 Å². The zero-order valence-electron chi connectivity index (χ0n) is 10.1. The molecule has 1 aromatic carbocycles. The van der Waals surface area contributed by atoms with Gasteiger partial charge in [0.25, 0.3) is 5.91 Å². The lowest BCUT2D eigenvalue weighted by Crippen LogP contribution is -2.22. The van der Waals surface area contributed by atoms with Crippen molar-refractivity contribution in [3.63, 3.8) is 0 Å². The molecule has 1 aromatic heterocycles. The molecule has 1 aliphatic rings. The van der Waals surface area contributed by atoms with Crippen molar-refractivity contribution >= 4 is 33.2 Å². The van der Waals surface area contributed by atoms with Crippen LogP contribution in [0.2, 0.25) is 0 Å². The molecular formula is C14H12BrNO2S. The molecule has 5 heteroatoms. The number of fused-ring (bicyclic) bond motifs is 1. The van der Waals surface area contributed by atoms with Gasteiger partial charge in [-0.05, 0) is 45.8 Å². The largest absolute Gasteiger partial charge is 0.493 e. The summed E-state index contributed by atoms with van der Waals surface area (Å²) in [5.41, 5.74) is 1.81. The predicted octanol–water partition coefficient (Wildman–Crippen LogP) is 3.38. The third-order valence-electron chi connectivity index (χ3n) is 3.00. The zero-order chi connectivity index (χ0) is 13.2. The number of benzene rings is 1. The summed E-state index contributed by atoms with van der Waals surface area (Å²) in [6, 6.07) is 7.62. The molecule has 0 fully saturated rings. The highest BCUT2D eigenvalue weighted by atomic mass is 79.9. The minimum Gasteiger partial charge on any atom is -0.493 e. The number of amides is 1. The van der Waals surface area contributed by atoms with Crippen LogP contribution in [-0.4, -0.2) is 12.5 Å². The number of ether oxygens (including phenoxy) is 1. The molecule has 0 aliphatic carbocycles. The van der Waals surface area contributed by atoms with E-state index in [4.69, 9.17) is 4.74 Å². The van der Waals surface area contributed by atoms with E-state index >= 15 is 0 Å². The molecule has 1 N–H and O–H groups in total. The fourth-order valence-corrected chi connectivity index (χ4v) is 3.43. The van der Waals surface area contributed by atoms with Crippen LogP contribution >= 0.6 is 27.3 Å². The summed E-state index contributed by atoms with van der Waals surface area (Å²) in [5.74, 6) is 0.859. The lowest BCUT2D eigenvalue weighted by Gasteiger charge is -2.05. The van der Waals surface area contributed by atoms with Gasteiger partial charge in [0.05, 0.1) is 13.2 Å². The van der Waals surface area contributed by atoms with Crippen molar-refractivity contribution < 1.29 is 9.53 Å². The SMILES string of the molecule is O=C(NCc1cc(Br)cs1)c1ccc2c(c1)CCO2. The van der Waals surface area contributed by atoms with Crippen LogP contribution in [0.3, 0.4) is 0 Å². The van der Waals surface area contributed by atoms with Crippen LogP contribution in [0, 0.1) is 0 Å². The average molecular weight is 338 g/mol.